The molecule has 0 saturated heterocycles. The van der Waals surface area contributed by atoms with Gasteiger partial charge in [-0.15, -0.1) is 0 Å². The number of aryl methyl sites for hydroxylation is 1. The predicted octanol–water partition coefficient (Wildman–Crippen LogP) is 3.33. The number of fused-ring (bicyclic) bond motifs is 1. The Morgan fingerprint density at radius 3 is 2.62 bits per heavy atom. The average molecular weight is 283 g/mol. The summed E-state index contributed by atoms with van der Waals surface area (Å²) in [6.45, 7) is 5.07. The first-order chi connectivity index (χ1) is 10.1. The molecule has 21 heavy (non-hydrogen) atoms. The van der Waals surface area contributed by atoms with Crippen molar-refractivity contribution in [1.29, 1.82) is 0 Å². The SMILES string of the molecule is Cc1cccc(NC(=O)c2ccc3c(c2)OCCO3)c1C. The summed E-state index contributed by atoms with van der Waals surface area (Å²) in [6.07, 6.45) is 0. The highest BCUT2D eigenvalue weighted by Crippen LogP contribution is 2.31. The number of carbonyl (C=O) groups excluding carboxylic acids is 1. The molecule has 1 amide bonds. The van der Waals surface area contributed by atoms with E-state index in [1.807, 2.05) is 32.0 Å². The summed E-state index contributed by atoms with van der Waals surface area (Å²) >= 11 is 0. The minimum Gasteiger partial charge on any atom is -0.486 e. The Kier molecular flexibility index (Phi) is 3.52. The van der Waals surface area contributed by atoms with Crippen molar-refractivity contribution in [3.8, 4) is 11.5 Å². The molecular weight excluding hydrogens is 266 g/mol. The molecule has 0 aliphatic carbocycles. The van der Waals surface area contributed by atoms with Crippen molar-refractivity contribution < 1.29 is 14.3 Å². The van der Waals surface area contributed by atoms with Gasteiger partial charge in [-0.3, -0.25) is 4.79 Å². The lowest BCUT2D eigenvalue weighted by atomic mass is 10.1. The first-order valence-electron chi connectivity index (χ1n) is 6.92. The molecule has 4 heteroatoms. The predicted molar refractivity (Wildman–Crippen MR) is 81.3 cm³/mol. The zero-order valence-corrected chi connectivity index (χ0v) is 12.1. The number of hydrogen-bond donors (Lipinski definition) is 1. The largest absolute Gasteiger partial charge is 0.486 e. The van der Waals surface area contributed by atoms with Gasteiger partial charge in [-0.05, 0) is 49.2 Å². The molecule has 0 bridgehead atoms. The van der Waals surface area contributed by atoms with Crippen LogP contribution >= 0.6 is 0 Å². The Labute approximate surface area is 123 Å². The van der Waals surface area contributed by atoms with Crippen LogP contribution in [0.3, 0.4) is 0 Å². The Bertz CT molecular complexity index is 694. The lowest BCUT2D eigenvalue weighted by Crippen LogP contribution is -2.17. The van der Waals surface area contributed by atoms with E-state index in [0.29, 0.717) is 30.3 Å². The normalized spacial score (nSPS) is 12.9. The highest BCUT2D eigenvalue weighted by Gasteiger charge is 2.15. The van der Waals surface area contributed by atoms with Gasteiger partial charge in [-0.1, -0.05) is 12.1 Å². The second-order valence-electron chi connectivity index (χ2n) is 5.06. The lowest BCUT2D eigenvalue weighted by molar-refractivity contribution is 0.102. The summed E-state index contributed by atoms with van der Waals surface area (Å²) in [5, 5.41) is 2.94. The van der Waals surface area contributed by atoms with Gasteiger partial charge in [0.15, 0.2) is 11.5 Å². The minimum absolute atomic E-state index is 0.152. The average Bonchev–Trinajstić information content (AvgIpc) is 2.51. The molecule has 1 heterocycles. The smallest absolute Gasteiger partial charge is 0.255 e. The Morgan fingerprint density at radius 2 is 1.81 bits per heavy atom. The topological polar surface area (TPSA) is 47.6 Å². The standard InChI is InChI=1S/C17H17NO3/c1-11-4-3-5-14(12(11)2)18-17(19)13-6-7-15-16(10-13)21-9-8-20-15/h3-7,10H,8-9H2,1-2H3,(H,18,19). The lowest BCUT2D eigenvalue weighted by Gasteiger charge is -2.19. The number of rotatable bonds is 2. The second kappa shape index (κ2) is 5.48. The molecule has 0 aromatic heterocycles. The summed E-state index contributed by atoms with van der Waals surface area (Å²) in [4.78, 5) is 12.4. The van der Waals surface area contributed by atoms with Crippen molar-refractivity contribution in [2.75, 3.05) is 18.5 Å². The van der Waals surface area contributed by atoms with Gasteiger partial charge < -0.3 is 14.8 Å². The van der Waals surface area contributed by atoms with Crippen LogP contribution in [0.5, 0.6) is 11.5 Å². The van der Waals surface area contributed by atoms with Crippen LogP contribution in [0.1, 0.15) is 21.5 Å². The fourth-order valence-corrected chi connectivity index (χ4v) is 2.27. The third kappa shape index (κ3) is 2.70. The zero-order valence-electron chi connectivity index (χ0n) is 12.1. The van der Waals surface area contributed by atoms with Gasteiger partial charge in [0, 0.05) is 11.3 Å². The summed E-state index contributed by atoms with van der Waals surface area (Å²) in [5.74, 6) is 1.15. The molecule has 2 aromatic rings. The summed E-state index contributed by atoms with van der Waals surface area (Å²) in [5.41, 5.74) is 3.61. The molecule has 0 atom stereocenters. The zero-order chi connectivity index (χ0) is 14.8. The van der Waals surface area contributed by atoms with Gasteiger partial charge in [-0.2, -0.15) is 0 Å². The van der Waals surface area contributed by atoms with Crippen molar-refractivity contribution in [2.24, 2.45) is 0 Å². The first kappa shape index (κ1) is 13.5. The molecule has 0 fully saturated rings. The molecule has 0 radical (unpaired) electrons. The number of nitrogens with one attached hydrogen (secondary N) is 1. The quantitative estimate of drug-likeness (QED) is 0.919. The van der Waals surface area contributed by atoms with Crippen molar-refractivity contribution in [2.45, 2.75) is 13.8 Å². The maximum atomic E-state index is 12.4. The number of ether oxygens (including phenoxy) is 2. The molecule has 2 aromatic carbocycles. The van der Waals surface area contributed by atoms with E-state index >= 15 is 0 Å². The van der Waals surface area contributed by atoms with Crippen LogP contribution in [-0.4, -0.2) is 19.1 Å². The summed E-state index contributed by atoms with van der Waals surface area (Å²) in [7, 11) is 0. The number of carbonyl (C=O) groups is 1. The van der Waals surface area contributed by atoms with Crippen LogP contribution < -0.4 is 14.8 Å². The van der Waals surface area contributed by atoms with E-state index in [-0.39, 0.29) is 5.91 Å². The Morgan fingerprint density at radius 1 is 1.05 bits per heavy atom. The first-order valence-corrected chi connectivity index (χ1v) is 6.92. The second-order valence-corrected chi connectivity index (χ2v) is 5.06. The van der Waals surface area contributed by atoms with Crippen LogP contribution in [0.4, 0.5) is 5.69 Å². The van der Waals surface area contributed by atoms with E-state index < -0.39 is 0 Å². The van der Waals surface area contributed by atoms with E-state index in [1.165, 1.54) is 0 Å². The third-order valence-electron chi connectivity index (χ3n) is 3.66. The fraction of sp³-hybridized carbons (Fsp3) is 0.235. The molecule has 0 unspecified atom stereocenters. The van der Waals surface area contributed by atoms with E-state index in [0.717, 1.165) is 16.8 Å². The maximum absolute atomic E-state index is 12.4. The van der Waals surface area contributed by atoms with E-state index in [4.69, 9.17) is 9.47 Å². The van der Waals surface area contributed by atoms with Gasteiger partial charge in [0.2, 0.25) is 0 Å². The number of hydrogen-bond acceptors (Lipinski definition) is 3. The van der Waals surface area contributed by atoms with Crippen LogP contribution in [0, 0.1) is 13.8 Å². The molecule has 0 saturated carbocycles. The molecule has 1 aliphatic heterocycles. The monoisotopic (exact) mass is 283 g/mol. The van der Waals surface area contributed by atoms with Crippen molar-refractivity contribution in [3.05, 3.63) is 53.1 Å². The minimum atomic E-state index is -0.152. The molecule has 4 nitrogen and oxygen atoms in total. The molecular formula is C17H17NO3. The molecule has 3 rings (SSSR count). The van der Waals surface area contributed by atoms with Crippen LogP contribution in [0.2, 0.25) is 0 Å². The van der Waals surface area contributed by atoms with Gasteiger partial charge in [0.25, 0.3) is 5.91 Å². The summed E-state index contributed by atoms with van der Waals surface area (Å²) < 4.78 is 11.0. The molecule has 0 spiro atoms. The van der Waals surface area contributed by atoms with E-state index in [2.05, 4.69) is 5.32 Å². The van der Waals surface area contributed by atoms with Crippen LogP contribution in [0.25, 0.3) is 0 Å². The highest BCUT2D eigenvalue weighted by atomic mass is 16.6. The maximum Gasteiger partial charge on any atom is 0.255 e. The van der Waals surface area contributed by atoms with Crippen LogP contribution in [0.15, 0.2) is 36.4 Å². The van der Waals surface area contributed by atoms with Crippen molar-refractivity contribution in [3.63, 3.8) is 0 Å². The molecule has 1 aliphatic rings. The van der Waals surface area contributed by atoms with E-state index in [1.54, 1.807) is 18.2 Å². The van der Waals surface area contributed by atoms with Crippen molar-refractivity contribution in [1.82, 2.24) is 0 Å². The van der Waals surface area contributed by atoms with E-state index in [9.17, 15) is 4.79 Å². The molecule has 1 N–H and O–H groups in total. The van der Waals surface area contributed by atoms with Gasteiger partial charge >= 0.3 is 0 Å². The summed E-state index contributed by atoms with van der Waals surface area (Å²) in [6, 6.07) is 11.1. The number of benzene rings is 2. The number of anilines is 1. The van der Waals surface area contributed by atoms with Gasteiger partial charge in [0.1, 0.15) is 13.2 Å². The fourth-order valence-electron chi connectivity index (χ4n) is 2.27. The van der Waals surface area contributed by atoms with Crippen LogP contribution in [-0.2, 0) is 0 Å². The van der Waals surface area contributed by atoms with Gasteiger partial charge in [-0.25, -0.2) is 0 Å². The van der Waals surface area contributed by atoms with Crippen molar-refractivity contribution >= 4 is 11.6 Å². The highest BCUT2D eigenvalue weighted by molar-refractivity contribution is 6.05. The number of amides is 1. The van der Waals surface area contributed by atoms with Gasteiger partial charge in [0.05, 0.1) is 0 Å². The Balaban J connectivity index is 1.84. The Hall–Kier alpha value is -2.49. The third-order valence-corrected chi connectivity index (χ3v) is 3.66. The molecule has 108 valence electrons.